The van der Waals surface area contributed by atoms with E-state index in [1.807, 2.05) is 6.07 Å². The molecule has 1 aliphatic rings. The Morgan fingerprint density at radius 1 is 1.31 bits per heavy atom. The third-order valence-corrected chi connectivity index (χ3v) is 3.93. The molecule has 1 fully saturated rings. The largest absolute Gasteiger partial charge is 0.373 e. The summed E-state index contributed by atoms with van der Waals surface area (Å²) in [5.74, 6) is 0. The minimum Gasteiger partial charge on any atom is -0.373 e. The van der Waals surface area contributed by atoms with Crippen molar-refractivity contribution in [3.8, 4) is 0 Å². The summed E-state index contributed by atoms with van der Waals surface area (Å²) in [5, 5.41) is 1.03. The van der Waals surface area contributed by atoms with E-state index in [1.54, 1.807) is 12.1 Å². The molecule has 1 nitrogen and oxygen atoms in total. The van der Waals surface area contributed by atoms with Gasteiger partial charge in [0.25, 0.3) is 0 Å². The van der Waals surface area contributed by atoms with Crippen LogP contribution in [0.1, 0.15) is 30.7 Å². The second kappa shape index (κ2) is 5.14. The summed E-state index contributed by atoms with van der Waals surface area (Å²) < 4.78 is 5.74. The Morgan fingerprint density at radius 2 is 2.06 bits per heavy atom. The highest BCUT2D eigenvalue weighted by Crippen LogP contribution is 2.38. The Bertz CT molecular complexity index is 381. The first kappa shape index (κ1) is 12.5. The van der Waals surface area contributed by atoms with E-state index in [0.29, 0.717) is 10.0 Å². The van der Waals surface area contributed by atoms with Gasteiger partial charge >= 0.3 is 0 Å². The second-order valence-electron chi connectivity index (χ2n) is 4.13. The van der Waals surface area contributed by atoms with E-state index in [4.69, 9.17) is 39.5 Å². The molecular weight excluding hydrogens is 266 g/mol. The van der Waals surface area contributed by atoms with Crippen molar-refractivity contribution in [3.63, 3.8) is 0 Å². The number of hydrogen-bond acceptors (Lipinski definition) is 1. The van der Waals surface area contributed by atoms with Gasteiger partial charge in [-0.25, -0.2) is 0 Å². The predicted octanol–water partition coefficient (Wildman–Crippen LogP) is 4.84. The molecule has 3 unspecified atom stereocenters. The molecule has 0 aromatic heterocycles. The van der Waals surface area contributed by atoms with Crippen molar-refractivity contribution >= 4 is 34.8 Å². The average Bonchev–Trinajstić information content (AvgIpc) is 2.64. The van der Waals surface area contributed by atoms with E-state index in [9.17, 15) is 0 Å². The molecule has 4 heteroatoms. The summed E-state index contributed by atoms with van der Waals surface area (Å²) in [6.45, 7) is 2.06. The molecule has 1 saturated heterocycles. The lowest BCUT2D eigenvalue weighted by atomic mass is 10.0. The first-order chi connectivity index (χ1) is 7.58. The minimum atomic E-state index is -0.199. The molecule has 1 heterocycles. The van der Waals surface area contributed by atoms with E-state index in [1.165, 1.54) is 0 Å². The van der Waals surface area contributed by atoms with Crippen molar-refractivity contribution in [2.24, 2.45) is 0 Å². The normalized spacial score (nSPS) is 27.0. The van der Waals surface area contributed by atoms with Crippen LogP contribution >= 0.6 is 34.8 Å². The molecule has 0 amide bonds. The fourth-order valence-electron chi connectivity index (χ4n) is 1.97. The van der Waals surface area contributed by atoms with Crippen molar-refractivity contribution in [1.29, 1.82) is 0 Å². The smallest absolute Gasteiger partial charge is 0.0861 e. The lowest BCUT2D eigenvalue weighted by Gasteiger charge is -2.19. The summed E-state index contributed by atoms with van der Waals surface area (Å²) in [6.07, 6.45) is 2.38. The maximum absolute atomic E-state index is 6.38. The van der Waals surface area contributed by atoms with Crippen molar-refractivity contribution in [2.75, 3.05) is 0 Å². The van der Waals surface area contributed by atoms with Gasteiger partial charge in [0.1, 0.15) is 0 Å². The van der Waals surface area contributed by atoms with Crippen LogP contribution in [0.4, 0.5) is 0 Å². The van der Waals surface area contributed by atoms with Gasteiger partial charge in [0.05, 0.1) is 17.6 Å². The number of rotatable bonds is 2. The highest BCUT2D eigenvalue weighted by Gasteiger charge is 2.30. The van der Waals surface area contributed by atoms with Gasteiger partial charge in [-0.05, 0) is 37.5 Å². The molecule has 0 spiro atoms. The molecule has 0 saturated carbocycles. The van der Waals surface area contributed by atoms with Gasteiger partial charge in [0.2, 0.25) is 0 Å². The molecule has 1 aliphatic heterocycles. The average molecular weight is 280 g/mol. The highest BCUT2D eigenvalue weighted by atomic mass is 35.5. The zero-order chi connectivity index (χ0) is 11.7. The van der Waals surface area contributed by atoms with Crippen LogP contribution in [-0.2, 0) is 4.74 Å². The topological polar surface area (TPSA) is 9.23 Å². The van der Waals surface area contributed by atoms with Crippen LogP contribution in [0.15, 0.2) is 18.2 Å². The Kier molecular flexibility index (Phi) is 4.01. The van der Waals surface area contributed by atoms with Crippen LogP contribution in [0.3, 0.4) is 0 Å². The zero-order valence-electron chi connectivity index (χ0n) is 8.92. The van der Waals surface area contributed by atoms with Gasteiger partial charge in [-0.1, -0.05) is 29.3 Å². The fourth-order valence-corrected chi connectivity index (χ4v) is 2.93. The standard InChI is InChI=1S/C12H13Cl3O/c1-7-2-5-11(16-7)12(15)9-4-3-8(13)6-10(9)14/h3-4,6-7,11-12H,2,5H2,1H3. The van der Waals surface area contributed by atoms with E-state index in [-0.39, 0.29) is 17.6 Å². The van der Waals surface area contributed by atoms with Crippen molar-refractivity contribution in [1.82, 2.24) is 0 Å². The fraction of sp³-hybridized carbons (Fsp3) is 0.500. The maximum atomic E-state index is 6.38. The Morgan fingerprint density at radius 3 is 2.62 bits per heavy atom. The molecule has 0 bridgehead atoms. The Hall–Kier alpha value is 0.0500. The molecule has 0 radical (unpaired) electrons. The van der Waals surface area contributed by atoms with Gasteiger partial charge < -0.3 is 4.74 Å². The third-order valence-electron chi connectivity index (χ3n) is 2.85. The predicted molar refractivity (Wildman–Crippen MR) is 68.6 cm³/mol. The first-order valence-electron chi connectivity index (χ1n) is 5.32. The molecule has 0 N–H and O–H groups in total. The van der Waals surface area contributed by atoms with Crippen molar-refractivity contribution in [2.45, 2.75) is 37.4 Å². The SMILES string of the molecule is CC1CCC(C(Cl)c2ccc(Cl)cc2Cl)O1. The van der Waals surface area contributed by atoms with Gasteiger partial charge in [-0.2, -0.15) is 0 Å². The summed E-state index contributed by atoms with van der Waals surface area (Å²) in [4.78, 5) is 0. The summed E-state index contributed by atoms with van der Waals surface area (Å²) in [7, 11) is 0. The van der Waals surface area contributed by atoms with E-state index < -0.39 is 0 Å². The second-order valence-corrected chi connectivity index (χ2v) is 5.44. The summed E-state index contributed by atoms with van der Waals surface area (Å²) in [6, 6.07) is 5.39. The maximum Gasteiger partial charge on any atom is 0.0861 e. The molecule has 0 aliphatic carbocycles. The number of halogens is 3. The number of ether oxygens (including phenoxy) is 1. The minimum absolute atomic E-state index is 0.0512. The number of alkyl halides is 1. The van der Waals surface area contributed by atoms with Crippen LogP contribution < -0.4 is 0 Å². The summed E-state index contributed by atoms with van der Waals surface area (Å²) in [5.41, 5.74) is 0.895. The van der Waals surface area contributed by atoms with Gasteiger partial charge in [-0.3, -0.25) is 0 Å². The molecule has 2 rings (SSSR count). The molecule has 3 atom stereocenters. The van der Waals surface area contributed by atoms with Crippen LogP contribution in [0.25, 0.3) is 0 Å². The van der Waals surface area contributed by atoms with Gasteiger partial charge in [-0.15, -0.1) is 11.6 Å². The monoisotopic (exact) mass is 278 g/mol. The van der Waals surface area contributed by atoms with Crippen LogP contribution in [0, 0.1) is 0 Å². The van der Waals surface area contributed by atoms with Crippen LogP contribution in [0.2, 0.25) is 10.0 Å². The Labute approximate surface area is 111 Å². The molecule has 1 aromatic rings. The molecule has 1 aromatic carbocycles. The van der Waals surface area contributed by atoms with Crippen LogP contribution in [0.5, 0.6) is 0 Å². The number of hydrogen-bond donors (Lipinski definition) is 0. The molecule has 88 valence electrons. The quantitative estimate of drug-likeness (QED) is 0.704. The van der Waals surface area contributed by atoms with Crippen molar-refractivity contribution in [3.05, 3.63) is 33.8 Å². The lowest BCUT2D eigenvalue weighted by Crippen LogP contribution is -2.15. The summed E-state index contributed by atoms with van der Waals surface area (Å²) >= 11 is 18.3. The molecular formula is C12H13Cl3O. The zero-order valence-corrected chi connectivity index (χ0v) is 11.2. The highest BCUT2D eigenvalue weighted by molar-refractivity contribution is 6.35. The van der Waals surface area contributed by atoms with Crippen LogP contribution in [-0.4, -0.2) is 12.2 Å². The van der Waals surface area contributed by atoms with E-state index >= 15 is 0 Å². The molecule has 16 heavy (non-hydrogen) atoms. The Balaban J connectivity index is 2.17. The van der Waals surface area contributed by atoms with Crippen molar-refractivity contribution < 1.29 is 4.74 Å². The van der Waals surface area contributed by atoms with E-state index in [2.05, 4.69) is 6.92 Å². The van der Waals surface area contributed by atoms with Gasteiger partial charge in [0, 0.05) is 10.0 Å². The third kappa shape index (κ3) is 2.65. The lowest BCUT2D eigenvalue weighted by molar-refractivity contribution is 0.0533. The van der Waals surface area contributed by atoms with Gasteiger partial charge in [0.15, 0.2) is 0 Å². The number of benzene rings is 1. The van der Waals surface area contributed by atoms with E-state index in [0.717, 1.165) is 18.4 Å². The first-order valence-corrected chi connectivity index (χ1v) is 6.51.